The van der Waals surface area contributed by atoms with Gasteiger partial charge in [0.25, 0.3) is 0 Å². The average molecular weight is 259 g/mol. The highest BCUT2D eigenvalue weighted by Gasteiger charge is 2.17. The number of allylic oxidation sites excluding steroid dienone is 1. The standard InChI is InChI=1S/C11H17NO2S2/c1-4-5-6-7-12-16(13,14)11-8-9(2)15-10(11)3/h4-5,8,12H,6-7H2,1-3H3/b5-4+. The van der Waals surface area contributed by atoms with E-state index >= 15 is 0 Å². The van der Waals surface area contributed by atoms with Gasteiger partial charge in [0.1, 0.15) is 0 Å². The molecule has 0 saturated carbocycles. The van der Waals surface area contributed by atoms with Gasteiger partial charge in [-0.15, -0.1) is 11.3 Å². The molecule has 1 N–H and O–H groups in total. The maximum Gasteiger partial charge on any atom is 0.241 e. The molecule has 0 unspecified atom stereocenters. The van der Waals surface area contributed by atoms with Gasteiger partial charge in [0.2, 0.25) is 10.0 Å². The van der Waals surface area contributed by atoms with Crippen molar-refractivity contribution in [1.29, 1.82) is 0 Å². The van der Waals surface area contributed by atoms with Gasteiger partial charge in [-0.3, -0.25) is 0 Å². The molecule has 0 aliphatic heterocycles. The second-order valence-corrected chi connectivity index (χ2v) is 6.73. The van der Waals surface area contributed by atoms with Crippen LogP contribution in [-0.4, -0.2) is 15.0 Å². The highest BCUT2D eigenvalue weighted by Crippen LogP contribution is 2.24. The molecule has 0 radical (unpaired) electrons. The molecule has 0 aliphatic carbocycles. The molecule has 1 aromatic heterocycles. The number of hydrogen-bond donors (Lipinski definition) is 1. The van der Waals surface area contributed by atoms with Crippen LogP contribution in [0.2, 0.25) is 0 Å². The molecule has 0 spiro atoms. The first kappa shape index (κ1) is 13.4. The first-order valence-electron chi connectivity index (χ1n) is 5.15. The van der Waals surface area contributed by atoms with E-state index in [0.29, 0.717) is 11.4 Å². The van der Waals surface area contributed by atoms with Gasteiger partial charge < -0.3 is 0 Å². The van der Waals surface area contributed by atoms with Crippen molar-refractivity contribution in [3.05, 3.63) is 28.0 Å². The lowest BCUT2D eigenvalue weighted by molar-refractivity contribution is 0.582. The van der Waals surface area contributed by atoms with Crippen LogP contribution < -0.4 is 4.72 Å². The molecule has 0 aromatic carbocycles. The SMILES string of the molecule is C/C=C/CCNS(=O)(=O)c1cc(C)sc1C. The summed E-state index contributed by atoms with van der Waals surface area (Å²) in [6, 6.07) is 1.72. The largest absolute Gasteiger partial charge is 0.241 e. The van der Waals surface area contributed by atoms with Gasteiger partial charge >= 0.3 is 0 Å². The Morgan fingerprint density at radius 1 is 1.44 bits per heavy atom. The molecule has 0 amide bonds. The van der Waals surface area contributed by atoms with Crippen molar-refractivity contribution < 1.29 is 8.42 Å². The van der Waals surface area contributed by atoms with Gasteiger partial charge in [-0.2, -0.15) is 0 Å². The van der Waals surface area contributed by atoms with Gasteiger partial charge in [0.15, 0.2) is 0 Å². The molecule has 0 fully saturated rings. The average Bonchev–Trinajstić information content (AvgIpc) is 2.53. The quantitative estimate of drug-likeness (QED) is 0.652. The predicted molar refractivity (Wildman–Crippen MR) is 68.4 cm³/mol. The lowest BCUT2D eigenvalue weighted by Gasteiger charge is -2.04. The van der Waals surface area contributed by atoms with E-state index in [9.17, 15) is 8.42 Å². The lowest BCUT2D eigenvalue weighted by atomic mass is 10.4. The second-order valence-electron chi connectivity index (χ2n) is 3.53. The second kappa shape index (κ2) is 5.61. The molecule has 0 aliphatic rings. The molecule has 1 rings (SSSR count). The first-order chi connectivity index (χ1) is 7.47. The zero-order chi connectivity index (χ0) is 12.2. The molecule has 90 valence electrons. The van der Waals surface area contributed by atoms with Crippen molar-refractivity contribution in [2.24, 2.45) is 0 Å². The summed E-state index contributed by atoms with van der Waals surface area (Å²) in [5, 5.41) is 0. The topological polar surface area (TPSA) is 46.2 Å². The van der Waals surface area contributed by atoms with Crippen LogP contribution in [0.15, 0.2) is 23.1 Å². The normalized spacial score (nSPS) is 12.4. The van der Waals surface area contributed by atoms with Crippen molar-refractivity contribution in [1.82, 2.24) is 4.72 Å². The van der Waals surface area contributed by atoms with E-state index in [2.05, 4.69) is 4.72 Å². The number of nitrogens with one attached hydrogen (secondary N) is 1. The Kier molecular flexibility index (Phi) is 4.70. The van der Waals surface area contributed by atoms with E-state index in [4.69, 9.17) is 0 Å². The molecule has 5 heteroatoms. The zero-order valence-corrected chi connectivity index (χ0v) is 11.4. The van der Waals surface area contributed by atoms with Crippen LogP contribution in [0.3, 0.4) is 0 Å². The van der Waals surface area contributed by atoms with Crippen molar-refractivity contribution in [3.63, 3.8) is 0 Å². The molecule has 16 heavy (non-hydrogen) atoms. The number of thiophene rings is 1. The molecule has 1 aromatic rings. The Morgan fingerprint density at radius 2 is 2.12 bits per heavy atom. The molecule has 0 bridgehead atoms. The van der Waals surface area contributed by atoms with E-state index in [1.165, 1.54) is 11.3 Å². The van der Waals surface area contributed by atoms with Gasteiger partial charge in [0.05, 0.1) is 4.90 Å². The van der Waals surface area contributed by atoms with E-state index in [1.807, 2.05) is 32.9 Å². The highest BCUT2D eigenvalue weighted by molar-refractivity contribution is 7.89. The third-order valence-electron chi connectivity index (χ3n) is 2.12. The van der Waals surface area contributed by atoms with Crippen LogP contribution in [0, 0.1) is 13.8 Å². The number of aryl methyl sites for hydroxylation is 2. The third kappa shape index (κ3) is 3.43. The smallest absolute Gasteiger partial charge is 0.211 e. The number of sulfonamides is 1. The van der Waals surface area contributed by atoms with Gasteiger partial charge in [-0.25, -0.2) is 13.1 Å². The van der Waals surface area contributed by atoms with Crippen molar-refractivity contribution >= 4 is 21.4 Å². The molecule has 0 atom stereocenters. The van der Waals surface area contributed by atoms with E-state index in [0.717, 1.165) is 16.2 Å². The summed E-state index contributed by atoms with van der Waals surface area (Å²) in [5.74, 6) is 0. The lowest BCUT2D eigenvalue weighted by Crippen LogP contribution is -2.24. The van der Waals surface area contributed by atoms with Gasteiger partial charge in [-0.05, 0) is 33.3 Å². The highest BCUT2D eigenvalue weighted by atomic mass is 32.2. The Hall–Kier alpha value is -0.650. The summed E-state index contributed by atoms with van der Waals surface area (Å²) in [7, 11) is -3.32. The monoisotopic (exact) mass is 259 g/mol. The van der Waals surface area contributed by atoms with Crippen LogP contribution >= 0.6 is 11.3 Å². The van der Waals surface area contributed by atoms with Gasteiger partial charge in [-0.1, -0.05) is 12.2 Å². The van der Waals surface area contributed by atoms with E-state index < -0.39 is 10.0 Å². The zero-order valence-electron chi connectivity index (χ0n) is 9.78. The summed E-state index contributed by atoms with van der Waals surface area (Å²) >= 11 is 1.51. The fraction of sp³-hybridized carbons (Fsp3) is 0.455. The third-order valence-corrected chi connectivity index (χ3v) is 4.81. The molecular formula is C11H17NO2S2. The minimum absolute atomic E-state index is 0.412. The molecule has 1 heterocycles. The minimum atomic E-state index is -3.32. The van der Waals surface area contributed by atoms with Crippen LogP contribution in [0.25, 0.3) is 0 Å². The summed E-state index contributed by atoms with van der Waals surface area (Å²) in [4.78, 5) is 2.28. The fourth-order valence-corrected chi connectivity index (χ4v) is 4.00. The Balaban J connectivity index is 2.74. The number of rotatable bonds is 5. The molecule has 0 saturated heterocycles. The maximum absolute atomic E-state index is 11.9. The van der Waals surface area contributed by atoms with Crippen LogP contribution in [0.5, 0.6) is 0 Å². The van der Waals surface area contributed by atoms with Crippen molar-refractivity contribution in [2.75, 3.05) is 6.54 Å². The van der Waals surface area contributed by atoms with Crippen LogP contribution in [0.4, 0.5) is 0 Å². The number of hydrogen-bond acceptors (Lipinski definition) is 3. The Labute approximate surface area is 101 Å². The molecule has 3 nitrogen and oxygen atoms in total. The summed E-state index contributed by atoms with van der Waals surface area (Å²) < 4.78 is 26.4. The minimum Gasteiger partial charge on any atom is -0.211 e. The molecular weight excluding hydrogens is 242 g/mol. The van der Waals surface area contributed by atoms with Crippen LogP contribution in [0.1, 0.15) is 23.1 Å². The van der Waals surface area contributed by atoms with E-state index in [-0.39, 0.29) is 0 Å². The van der Waals surface area contributed by atoms with Crippen molar-refractivity contribution in [3.8, 4) is 0 Å². The van der Waals surface area contributed by atoms with E-state index in [1.54, 1.807) is 6.07 Å². The summed E-state index contributed by atoms with van der Waals surface area (Å²) in [6.45, 7) is 6.11. The van der Waals surface area contributed by atoms with Crippen molar-refractivity contribution in [2.45, 2.75) is 32.1 Å². The maximum atomic E-state index is 11.9. The van der Waals surface area contributed by atoms with Gasteiger partial charge in [0, 0.05) is 16.3 Å². The Bertz CT molecular complexity index is 472. The predicted octanol–water partition coefficient (Wildman–Crippen LogP) is 2.61. The Morgan fingerprint density at radius 3 is 2.62 bits per heavy atom. The summed E-state index contributed by atoms with van der Waals surface area (Å²) in [5.41, 5.74) is 0. The fourth-order valence-electron chi connectivity index (χ4n) is 1.40. The first-order valence-corrected chi connectivity index (χ1v) is 7.45. The summed E-state index contributed by atoms with van der Waals surface area (Å²) in [6.07, 6.45) is 4.57. The van der Waals surface area contributed by atoms with Crippen LogP contribution in [-0.2, 0) is 10.0 Å².